The molecule has 0 spiro atoms. The minimum atomic E-state index is -3.81. The zero-order valence-electron chi connectivity index (χ0n) is 12.7. The number of sulfonamides is 1. The van der Waals surface area contributed by atoms with Crippen LogP contribution >= 0.6 is 0 Å². The molecule has 0 aliphatic heterocycles. The van der Waals surface area contributed by atoms with E-state index in [0.29, 0.717) is 12.3 Å². The molecule has 5 nitrogen and oxygen atoms in total. The van der Waals surface area contributed by atoms with Crippen molar-refractivity contribution in [2.75, 3.05) is 0 Å². The third kappa shape index (κ3) is 4.82. The zero-order chi connectivity index (χ0) is 16.0. The van der Waals surface area contributed by atoms with Crippen LogP contribution in [0.4, 0.5) is 0 Å². The maximum absolute atomic E-state index is 12.2. The van der Waals surface area contributed by atoms with Gasteiger partial charge in [0, 0.05) is 0 Å². The van der Waals surface area contributed by atoms with Gasteiger partial charge in [-0.05, 0) is 36.5 Å². The SMILES string of the molecule is CCC[C@@H](NS(=O)(=O)c1ccc(C(C)CC)cc1)C(=O)O. The lowest BCUT2D eigenvalue weighted by Crippen LogP contribution is -2.40. The van der Waals surface area contributed by atoms with Gasteiger partial charge in [0.15, 0.2) is 0 Å². The largest absolute Gasteiger partial charge is 0.480 e. The first-order valence-electron chi connectivity index (χ1n) is 7.16. The Balaban J connectivity index is 2.94. The van der Waals surface area contributed by atoms with Gasteiger partial charge < -0.3 is 5.11 Å². The molecule has 1 aromatic rings. The summed E-state index contributed by atoms with van der Waals surface area (Å²) < 4.78 is 26.6. The number of hydrogen-bond acceptors (Lipinski definition) is 3. The van der Waals surface area contributed by atoms with Crippen molar-refractivity contribution in [3.63, 3.8) is 0 Å². The molecule has 0 saturated heterocycles. The molecular weight excluding hydrogens is 290 g/mol. The van der Waals surface area contributed by atoms with E-state index < -0.39 is 22.0 Å². The highest BCUT2D eigenvalue weighted by atomic mass is 32.2. The summed E-state index contributed by atoms with van der Waals surface area (Å²) in [5.41, 5.74) is 1.07. The van der Waals surface area contributed by atoms with Crippen LogP contribution in [0.1, 0.15) is 51.5 Å². The van der Waals surface area contributed by atoms with Crippen LogP contribution in [0.2, 0.25) is 0 Å². The Morgan fingerprint density at radius 1 is 1.24 bits per heavy atom. The highest BCUT2D eigenvalue weighted by Gasteiger charge is 2.24. The molecule has 6 heteroatoms. The highest BCUT2D eigenvalue weighted by molar-refractivity contribution is 7.89. The van der Waals surface area contributed by atoms with E-state index in [1.807, 2.05) is 6.92 Å². The Hall–Kier alpha value is -1.40. The minimum Gasteiger partial charge on any atom is -0.480 e. The quantitative estimate of drug-likeness (QED) is 0.773. The topological polar surface area (TPSA) is 83.5 Å². The molecule has 0 aromatic heterocycles. The van der Waals surface area contributed by atoms with Gasteiger partial charge in [-0.25, -0.2) is 8.42 Å². The summed E-state index contributed by atoms with van der Waals surface area (Å²) in [6.45, 7) is 5.95. The molecule has 0 aliphatic rings. The van der Waals surface area contributed by atoms with Crippen molar-refractivity contribution in [3.05, 3.63) is 29.8 Å². The molecule has 0 bridgehead atoms. The Bertz CT molecular complexity index is 566. The standard InChI is InChI=1S/C15H23NO4S/c1-4-6-14(15(17)18)16-21(19,20)13-9-7-12(8-10-13)11(3)5-2/h7-11,14,16H,4-6H2,1-3H3,(H,17,18)/t11?,14-/m1/s1. The average Bonchev–Trinajstić information content (AvgIpc) is 2.45. The van der Waals surface area contributed by atoms with Gasteiger partial charge in [-0.3, -0.25) is 4.79 Å². The first kappa shape index (κ1) is 17.7. The second kappa shape index (κ2) is 7.56. The molecule has 118 valence electrons. The second-order valence-corrected chi connectivity index (χ2v) is 6.89. The Morgan fingerprint density at radius 3 is 2.24 bits per heavy atom. The van der Waals surface area contributed by atoms with Gasteiger partial charge in [0.2, 0.25) is 10.0 Å². The van der Waals surface area contributed by atoms with Crippen LogP contribution in [0, 0.1) is 0 Å². The summed E-state index contributed by atoms with van der Waals surface area (Å²) >= 11 is 0. The molecule has 2 N–H and O–H groups in total. The zero-order valence-corrected chi connectivity index (χ0v) is 13.5. The Kier molecular flexibility index (Phi) is 6.36. The molecule has 1 aromatic carbocycles. The normalized spacial score (nSPS) is 14.6. The van der Waals surface area contributed by atoms with Crippen molar-refractivity contribution in [1.82, 2.24) is 4.72 Å². The van der Waals surface area contributed by atoms with Crippen molar-refractivity contribution in [2.24, 2.45) is 0 Å². The summed E-state index contributed by atoms with van der Waals surface area (Å²) in [5.74, 6) is -0.793. The maximum Gasteiger partial charge on any atom is 0.321 e. The summed E-state index contributed by atoms with van der Waals surface area (Å²) in [5, 5.41) is 9.04. The monoisotopic (exact) mass is 313 g/mol. The van der Waals surface area contributed by atoms with E-state index in [9.17, 15) is 13.2 Å². The van der Waals surface area contributed by atoms with Crippen molar-refractivity contribution < 1.29 is 18.3 Å². The van der Waals surface area contributed by atoms with Crippen LogP contribution in [0.25, 0.3) is 0 Å². The van der Waals surface area contributed by atoms with Gasteiger partial charge in [-0.15, -0.1) is 0 Å². The third-order valence-electron chi connectivity index (χ3n) is 3.54. The number of hydrogen-bond donors (Lipinski definition) is 2. The molecule has 2 atom stereocenters. The smallest absolute Gasteiger partial charge is 0.321 e. The van der Waals surface area contributed by atoms with Gasteiger partial charge in [-0.2, -0.15) is 4.72 Å². The van der Waals surface area contributed by atoms with Gasteiger partial charge in [-0.1, -0.05) is 39.3 Å². The Morgan fingerprint density at radius 2 is 1.81 bits per heavy atom. The second-order valence-electron chi connectivity index (χ2n) is 5.18. The molecule has 1 unspecified atom stereocenters. The fraction of sp³-hybridized carbons (Fsp3) is 0.533. The van der Waals surface area contributed by atoms with Crippen LogP contribution in [0.15, 0.2) is 29.2 Å². The third-order valence-corrected chi connectivity index (χ3v) is 5.03. The van der Waals surface area contributed by atoms with E-state index in [4.69, 9.17) is 5.11 Å². The lowest BCUT2D eigenvalue weighted by molar-refractivity contribution is -0.139. The van der Waals surface area contributed by atoms with Crippen molar-refractivity contribution >= 4 is 16.0 Å². The van der Waals surface area contributed by atoms with E-state index in [1.54, 1.807) is 12.1 Å². The van der Waals surface area contributed by atoms with Gasteiger partial charge in [0.25, 0.3) is 0 Å². The van der Waals surface area contributed by atoms with Crippen LogP contribution in [-0.2, 0) is 14.8 Å². The lowest BCUT2D eigenvalue weighted by Gasteiger charge is -2.15. The van der Waals surface area contributed by atoms with Crippen molar-refractivity contribution in [1.29, 1.82) is 0 Å². The first-order chi connectivity index (χ1) is 9.81. The number of carboxylic acids is 1. The van der Waals surface area contributed by atoms with E-state index in [2.05, 4.69) is 18.6 Å². The van der Waals surface area contributed by atoms with Gasteiger partial charge in [0.05, 0.1) is 4.90 Å². The van der Waals surface area contributed by atoms with Crippen molar-refractivity contribution in [2.45, 2.75) is 56.9 Å². The van der Waals surface area contributed by atoms with Crippen LogP contribution < -0.4 is 4.72 Å². The Labute approximate surface area is 126 Å². The maximum atomic E-state index is 12.2. The number of aliphatic carboxylic acids is 1. The molecule has 0 heterocycles. The molecular formula is C15H23NO4S. The predicted octanol–water partition coefficient (Wildman–Crippen LogP) is 2.73. The summed E-state index contributed by atoms with van der Waals surface area (Å²) in [7, 11) is -3.81. The predicted molar refractivity (Wildman–Crippen MR) is 81.8 cm³/mol. The molecule has 0 saturated carbocycles. The molecule has 1 rings (SSSR count). The molecule has 0 fully saturated rings. The number of benzene rings is 1. The van der Waals surface area contributed by atoms with E-state index in [0.717, 1.165) is 12.0 Å². The van der Waals surface area contributed by atoms with Crippen LogP contribution in [0.5, 0.6) is 0 Å². The fourth-order valence-corrected chi connectivity index (χ4v) is 3.21. The average molecular weight is 313 g/mol. The molecule has 0 amide bonds. The highest BCUT2D eigenvalue weighted by Crippen LogP contribution is 2.20. The van der Waals surface area contributed by atoms with Crippen LogP contribution in [-0.4, -0.2) is 25.5 Å². The van der Waals surface area contributed by atoms with Crippen LogP contribution in [0.3, 0.4) is 0 Å². The molecule has 0 radical (unpaired) electrons. The lowest BCUT2D eigenvalue weighted by atomic mass is 9.99. The fourth-order valence-electron chi connectivity index (χ4n) is 1.99. The van der Waals surface area contributed by atoms with Crippen molar-refractivity contribution in [3.8, 4) is 0 Å². The van der Waals surface area contributed by atoms with E-state index in [1.165, 1.54) is 12.1 Å². The summed E-state index contributed by atoms with van der Waals surface area (Å²) in [4.78, 5) is 11.1. The molecule has 21 heavy (non-hydrogen) atoms. The summed E-state index contributed by atoms with van der Waals surface area (Å²) in [6.07, 6.45) is 1.83. The number of nitrogens with one attached hydrogen (secondary N) is 1. The summed E-state index contributed by atoms with van der Waals surface area (Å²) in [6, 6.07) is 5.51. The van der Waals surface area contributed by atoms with E-state index in [-0.39, 0.29) is 11.3 Å². The number of carboxylic acid groups (broad SMARTS) is 1. The minimum absolute atomic E-state index is 0.0944. The van der Waals surface area contributed by atoms with Gasteiger partial charge >= 0.3 is 5.97 Å². The first-order valence-corrected chi connectivity index (χ1v) is 8.65. The van der Waals surface area contributed by atoms with Gasteiger partial charge in [0.1, 0.15) is 6.04 Å². The number of carbonyl (C=O) groups is 1. The van der Waals surface area contributed by atoms with E-state index >= 15 is 0 Å². The number of rotatable bonds is 8. The molecule has 0 aliphatic carbocycles.